The van der Waals surface area contributed by atoms with Crippen LogP contribution in [0.2, 0.25) is 0 Å². The molecule has 0 aromatic carbocycles. The summed E-state index contributed by atoms with van der Waals surface area (Å²) in [6.07, 6.45) is 1.25. The number of amides is 1. The van der Waals surface area contributed by atoms with E-state index in [0.717, 1.165) is 6.42 Å². The van der Waals surface area contributed by atoms with E-state index in [1.165, 1.54) is 13.8 Å². The average Bonchev–Trinajstić information content (AvgIpc) is 2.18. The maximum Gasteiger partial charge on any atom is 0.302 e. The van der Waals surface area contributed by atoms with E-state index in [2.05, 4.69) is 5.32 Å². The molecule has 92 valence electrons. The number of halogens is 1. The van der Waals surface area contributed by atoms with E-state index in [1.807, 2.05) is 0 Å². The van der Waals surface area contributed by atoms with E-state index in [4.69, 9.17) is 21.1 Å². The Kier molecular flexibility index (Phi) is 5.02. The average molecular weight is 250 g/mol. The molecule has 0 saturated carbocycles. The Hall–Kier alpha value is -0.810. The number of hydrogen-bond acceptors (Lipinski definition) is 4. The molecule has 3 atom stereocenters. The van der Waals surface area contributed by atoms with Crippen molar-refractivity contribution in [3.05, 3.63) is 0 Å². The normalized spacial score (nSPS) is 29.6. The number of esters is 1. The number of rotatable bonds is 3. The molecule has 1 rings (SSSR count). The Labute approximate surface area is 99.4 Å². The van der Waals surface area contributed by atoms with Gasteiger partial charge in [0.05, 0.1) is 12.1 Å². The number of hydrogen-bond donors (Lipinski definition) is 1. The topological polar surface area (TPSA) is 64.6 Å². The Morgan fingerprint density at radius 2 is 2.12 bits per heavy atom. The third-order valence-corrected chi connectivity index (χ3v) is 2.71. The van der Waals surface area contributed by atoms with E-state index in [9.17, 15) is 9.59 Å². The SMILES string of the molecule is CC(=O)N[C@@H]1CC[C@H](COC(C)=O)OC1Cl. The summed E-state index contributed by atoms with van der Waals surface area (Å²) in [6.45, 7) is 3.00. The van der Waals surface area contributed by atoms with Crippen LogP contribution in [-0.2, 0) is 19.1 Å². The highest BCUT2D eigenvalue weighted by molar-refractivity contribution is 6.20. The lowest BCUT2D eigenvalue weighted by molar-refractivity contribution is -0.148. The van der Waals surface area contributed by atoms with Crippen molar-refractivity contribution >= 4 is 23.5 Å². The van der Waals surface area contributed by atoms with Crippen LogP contribution in [-0.4, -0.2) is 36.2 Å². The Bertz CT molecular complexity index is 272. The van der Waals surface area contributed by atoms with Crippen molar-refractivity contribution in [2.75, 3.05) is 6.61 Å². The molecule has 1 amide bonds. The van der Waals surface area contributed by atoms with Crippen LogP contribution in [0.15, 0.2) is 0 Å². The van der Waals surface area contributed by atoms with Crippen molar-refractivity contribution in [3.63, 3.8) is 0 Å². The second-order valence-electron chi connectivity index (χ2n) is 3.80. The first-order valence-corrected chi connectivity index (χ1v) is 5.62. The van der Waals surface area contributed by atoms with E-state index in [0.29, 0.717) is 6.42 Å². The molecule has 0 aliphatic carbocycles. The second kappa shape index (κ2) is 6.06. The quantitative estimate of drug-likeness (QED) is 0.594. The zero-order chi connectivity index (χ0) is 12.1. The van der Waals surface area contributed by atoms with Gasteiger partial charge in [0.1, 0.15) is 6.61 Å². The summed E-state index contributed by atoms with van der Waals surface area (Å²) in [6, 6.07) is -0.173. The van der Waals surface area contributed by atoms with Crippen molar-refractivity contribution in [2.45, 2.75) is 44.4 Å². The lowest BCUT2D eigenvalue weighted by atomic mass is 10.1. The van der Waals surface area contributed by atoms with Gasteiger partial charge in [0.2, 0.25) is 5.91 Å². The van der Waals surface area contributed by atoms with E-state index >= 15 is 0 Å². The fourth-order valence-corrected chi connectivity index (χ4v) is 1.91. The maximum atomic E-state index is 10.9. The van der Waals surface area contributed by atoms with Crippen LogP contribution in [0.4, 0.5) is 0 Å². The van der Waals surface area contributed by atoms with Crippen LogP contribution in [0, 0.1) is 0 Å². The zero-order valence-corrected chi connectivity index (χ0v) is 10.1. The fraction of sp³-hybridized carbons (Fsp3) is 0.800. The number of alkyl halides is 1. The molecule has 1 N–H and O–H groups in total. The monoisotopic (exact) mass is 249 g/mol. The Morgan fingerprint density at radius 3 is 2.62 bits per heavy atom. The van der Waals surface area contributed by atoms with Gasteiger partial charge in [-0.25, -0.2) is 0 Å². The van der Waals surface area contributed by atoms with E-state index < -0.39 is 5.56 Å². The van der Waals surface area contributed by atoms with Crippen LogP contribution < -0.4 is 5.32 Å². The molecule has 5 nitrogen and oxygen atoms in total. The van der Waals surface area contributed by atoms with Gasteiger partial charge in [-0.2, -0.15) is 0 Å². The molecule has 0 aromatic rings. The van der Waals surface area contributed by atoms with Gasteiger partial charge >= 0.3 is 5.97 Å². The predicted octanol–water partition coefficient (Wildman–Crippen LogP) is 0.798. The molecular formula is C10H16ClNO4. The van der Waals surface area contributed by atoms with Gasteiger partial charge in [-0.3, -0.25) is 9.59 Å². The molecule has 0 spiro atoms. The van der Waals surface area contributed by atoms with E-state index in [1.54, 1.807) is 0 Å². The van der Waals surface area contributed by atoms with Crippen molar-refractivity contribution in [1.29, 1.82) is 0 Å². The number of carbonyl (C=O) groups excluding carboxylic acids is 2. The van der Waals surface area contributed by atoms with Crippen LogP contribution in [0.3, 0.4) is 0 Å². The van der Waals surface area contributed by atoms with Crippen molar-refractivity contribution < 1.29 is 19.1 Å². The lowest BCUT2D eigenvalue weighted by Crippen LogP contribution is -2.47. The van der Waals surface area contributed by atoms with Crippen LogP contribution in [0.5, 0.6) is 0 Å². The molecule has 1 aliphatic rings. The minimum atomic E-state index is -0.571. The minimum absolute atomic E-state index is 0.127. The van der Waals surface area contributed by atoms with Gasteiger partial charge < -0.3 is 14.8 Å². The minimum Gasteiger partial charge on any atom is -0.463 e. The van der Waals surface area contributed by atoms with Crippen LogP contribution in [0.25, 0.3) is 0 Å². The lowest BCUT2D eigenvalue weighted by Gasteiger charge is -2.33. The summed E-state index contributed by atoms with van der Waals surface area (Å²) >= 11 is 5.96. The highest BCUT2D eigenvalue weighted by Crippen LogP contribution is 2.22. The smallest absolute Gasteiger partial charge is 0.302 e. The third kappa shape index (κ3) is 4.37. The molecule has 1 unspecified atom stereocenters. The summed E-state index contributed by atoms with van der Waals surface area (Å²) < 4.78 is 10.3. The zero-order valence-electron chi connectivity index (χ0n) is 9.36. The Balaban J connectivity index is 2.33. The molecule has 1 fully saturated rings. The first-order valence-electron chi connectivity index (χ1n) is 5.19. The third-order valence-electron chi connectivity index (χ3n) is 2.30. The highest BCUT2D eigenvalue weighted by Gasteiger charge is 2.30. The molecular weight excluding hydrogens is 234 g/mol. The van der Waals surface area contributed by atoms with E-state index in [-0.39, 0.29) is 30.6 Å². The summed E-state index contributed by atoms with van der Waals surface area (Å²) in [7, 11) is 0. The number of ether oxygens (including phenoxy) is 2. The fourth-order valence-electron chi connectivity index (χ4n) is 1.57. The molecule has 6 heteroatoms. The maximum absolute atomic E-state index is 10.9. The Morgan fingerprint density at radius 1 is 1.44 bits per heavy atom. The summed E-state index contributed by atoms with van der Waals surface area (Å²) in [5.74, 6) is -0.462. The molecule has 0 bridgehead atoms. The van der Waals surface area contributed by atoms with Crippen LogP contribution in [0.1, 0.15) is 26.7 Å². The molecule has 1 saturated heterocycles. The van der Waals surface area contributed by atoms with Gasteiger partial charge in [0.15, 0.2) is 5.56 Å². The largest absolute Gasteiger partial charge is 0.463 e. The first kappa shape index (κ1) is 13.3. The van der Waals surface area contributed by atoms with Gasteiger partial charge in [-0.1, -0.05) is 11.6 Å². The number of carbonyl (C=O) groups is 2. The second-order valence-corrected chi connectivity index (χ2v) is 4.23. The van der Waals surface area contributed by atoms with Crippen molar-refractivity contribution in [3.8, 4) is 0 Å². The van der Waals surface area contributed by atoms with Crippen molar-refractivity contribution in [1.82, 2.24) is 5.32 Å². The van der Waals surface area contributed by atoms with Gasteiger partial charge in [0.25, 0.3) is 0 Å². The van der Waals surface area contributed by atoms with Gasteiger partial charge in [-0.15, -0.1) is 0 Å². The predicted molar refractivity (Wildman–Crippen MR) is 58.0 cm³/mol. The summed E-state index contributed by atoms with van der Waals surface area (Å²) in [4.78, 5) is 21.5. The molecule has 1 heterocycles. The molecule has 16 heavy (non-hydrogen) atoms. The summed E-state index contributed by atoms with van der Waals surface area (Å²) in [5.41, 5.74) is -0.571. The van der Waals surface area contributed by atoms with Gasteiger partial charge in [0, 0.05) is 13.8 Å². The van der Waals surface area contributed by atoms with Gasteiger partial charge in [-0.05, 0) is 12.8 Å². The number of nitrogens with one attached hydrogen (secondary N) is 1. The standard InChI is InChI=1S/C10H16ClNO4/c1-6(13)12-9-4-3-8(16-10(9)11)5-15-7(2)14/h8-10H,3-5H2,1-2H3,(H,12,13)/t8-,9-,10?/m1/s1. The molecule has 0 radical (unpaired) electrons. The van der Waals surface area contributed by atoms with Crippen molar-refractivity contribution in [2.24, 2.45) is 0 Å². The summed E-state index contributed by atoms with van der Waals surface area (Å²) in [5, 5.41) is 2.71. The van der Waals surface area contributed by atoms with Crippen LogP contribution >= 0.6 is 11.6 Å². The molecule has 1 aliphatic heterocycles. The first-order chi connectivity index (χ1) is 7.49. The highest BCUT2D eigenvalue weighted by atomic mass is 35.5. The molecule has 0 aromatic heterocycles.